The van der Waals surface area contributed by atoms with Crippen molar-refractivity contribution in [3.63, 3.8) is 0 Å². The van der Waals surface area contributed by atoms with Crippen LogP contribution in [0.25, 0.3) is 31.8 Å². The highest BCUT2D eigenvalue weighted by Crippen LogP contribution is 2.41. The van der Waals surface area contributed by atoms with E-state index in [1.165, 1.54) is 15.8 Å². The van der Waals surface area contributed by atoms with Gasteiger partial charge in [-0.25, -0.2) is 9.97 Å². The standard InChI is InChI=1S/C25H31N3O2SSi/c1-15-8-19(23-20(9-15)27-18(13-26-23)14-30-5)24-28-22-16(2)10-17(11-21(22)31-24)12-25(3,4)32(6,7)29/h8-11,13,29H,12,14H2,1-7H3. The molecule has 0 amide bonds. The molecule has 0 aliphatic rings. The molecular formula is C25H31N3O2SSi. The number of benzene rings is 2. The van der Waals surface area contributed by atoms with Crippen molar-refractivity contribution in [3.05, 3.63) is 52.8 Å². The summed E-state index contributed by atoms with van der Waals surface area (Å²) >= 11 is 1.70. The number of hydrogen-bond acceptors (Lipinski definition) is 6. The zero-order chi connectivity index (χ0) is 23.3. The molecule has 2 aromatic carbocycles. The van der Waals surface area contributed by atoms with E-state index >= 15 is 0 Å². The first-order valence-electron chi connectivity index (χ1n) is 10.9. The van der Waals surface area contributed by atoms with E-state index in [4.69, 9.17) is 19.7 Å². The quantitative estimate of drug-likeness (QED) is 0.344. The summed E-state index contributed by atoms with van der Waals surface area (Å²) in [6, 6.07) is 8.67. The highest BCUT2D eigenvalue weighted by molar-refractivity contribution is 7.21. The van der Waals surface area contributed by atoms with Gasteiger partial charge >= 0.3 is 0 Å². The molecule has 0 aliphatic carbocycles. The predicted molar refractivity (Wildman–Crippen MR) is 136 cm³/mol. The van der Waals surface area contributed by atoms with Crippen LogP contribution < -0.4 is 0 Å². The molecule has 0 saturated heterocycles. The number of thiazole rings is 1. The molecule has 2 heterocycles. The molecule has 0 bridgehead atoms. The summed E-state index contributed by atoms with van der Waals surface area (Å²) in [6.07, 6.45) is 2.64. The van der Waals surface area contributed by atoms with Gasteiger partial charge in [0.05, 0.1) is 39.7 Å². The molecule has 7 heteroatoms. The Morgan fingerprint density at radius 1 is 1.06 bits per heavy atom. The van der Waals surface area contributed by atoms with Gasteiger partial charge in [-0.1, -0.05) is 19.9 Å². The van der Waals surface area contributed by atoms with Gasteiger partial charge in [0, 0.05) is 12.7 Å². The van der Waals surface area contributed by atoms with E-state index in [-0.39, 0.29) is 5.04 Å². The van der Waals surface area contributed by atoms with Gasteiger partial charge in [-0.05, 0) is 73.3 Å². The van der Waals surface area contributed by atoms with E-state index < -0.39 is 8.32 Å². The van der Waals surface area contributed by atoms with Crippen LogP contribution in [0, 0.1) is 13.8 Å². The van der Waals surface area contributed by atoms with Crippen molar-refractivity contribution in [3.8, 4) is 10.6 Å². The number of aryl methyl sites for hydroxylation is 2. The number of fused-ring (bicyclic) bond motifs is 2. The number of nitrogens with zero attached hydrogens (tertiary/aromatic N) is 3. The minimum atomic E-state index is -2.28. The summed E-state index contributed by atoms with van der Waals surface area (Å²) in [6.45, 7) is 13.0. The first kappa shape index (κ1) is 23.0. The van der Waals surface area contributed by atoms with E-state index in [9.17, 15) is 4.80 Å². The lowest BCUT2D eigenvalue weighted by Gasteiger charge is -2.35. The molecule has 1 N–H and O–H groups in total. The lowest BCUT2D eigenvalue weighted by Crippen LogP contribution is -2.40. The van der Waals surface area contributed by atoms with E-state index in [0.29, 0.717) is 6.61 Å². The maximum absolute atomic E-state index is 10.7. The van der Waals surface area contributed by atoms with Gasteiger partial charge in [0.25, 0.3) is 0 Å². The van der Waals surface area contributed by atoms with Gasteiger partial charge in [-0.3, -0.25) is 4.98 Å². The van der Waals surface area contributed by atoms with Gasteiger partial charge < -0.3 is 9.53 Å². The lowest BCUT2D eigenvalue weighted by atomic mass is 10.00. The summed E-state index contributed by atoms with van der Waals surface area (Å²) in [5, 5.41) is 0.849. The molecule has 4 rings (SSSR count). The van der Waals surface area contributed by atoms with Crippen molar-refractivity contribution >= 4 is 40.9 Å². The van der Waals surface area contributed by atoms with Crippen molar-refractivity contribution in [2.75, 3.05) is 7.11 Å². The minimum Gasteiger partial charge on any atom is -0.432 e. The van der Waals surface area contributed by atoms with Crippen molar-refractivity contribution in [2.45, 2.75) is 58.9 Å². The van der Waals surface area contributed by atoms with Gasteiger partial charge in [-0.15, -0.1) is 11.3 Å². The summed E-state index contributed by atoms with van der Waals surface area (Å²) in [5.74, 6) is 0. The fraction of sp³-hybridized carbons (Fsp3) is 0.400. The molecule has 0 saturated carbocycles. The fourth-order valence-corrected chi connectivity index (χ4v) is 5.66. The van der Waals surface area contributed by atoms with Gasteiger partial charge in [0.1, 0.15) is 5.01 Å². The SMILES string of the molecule is COCc1cnc2c(-c3nc4c(C)cc(CC(C)(C)[Si](C)(C)O)cc4s3)cc(C)cc2n1. The second kappa shape index (κ2) is 8.30. The van der Waals surface area contributed by atoms with Gasteiger partial charge in [-0.2, -0.15) is 0 Å². The third-order valence-electron chi connectivity index (χ3n) is 6.41. The molecule has 0 aliphatic heterocycles. The predicted octanol–water partition coefficient (Wildman–Crippen LogP) is 6.19. The Hall–Kier alpha value is -2.19. The Labute approximate surface area is 194 Å². The van der Waals surface area contributed by atoms with Crippen LogP contribution in [0.5, 0.6) is 0 Å². The zero-order valence-corrected chi connectivity index (χ0v) is 21.7. The summed E-state index contributed by atoms with van der Waals surface area (Å²) < 4.78 is 6.38. The molecule has 0 fully saturated rings. The van der Waals surface area contributed by atoms with E-state index in [0.717, 1.165) is 44.8 Å². The lowest BCUT2D eigenvalue weighted by molar-refractivity contribution is 0.181. The van der Waals surface area contributed by atoms with Crippen molar-refractivity contribution in [1.29, 1.82) is 0 Å². The molecule has 0 atom stereocenters. The maximum Gasteiger partial charge on any atom is 0.188 e. The van der Waals surface area contributed by atoms with Crippen molar-refractivity contribution < 1.29 is 9.53 Å². The van der Waals surface area contributed by atoms with Gasteiger partial charge in [0.15, 0.2) is 8.32 Å². The van der Waals surface area contributed by atoms with Crippen LogP contribution in [0.2, 0.25) is 18.1 Å². The van der Waals surface area contributed by atoms with Crippen molar-refractivity contribution in [1.82, 2.24) is 15.0 Å². The topological polar surface area (TPSA) is 68.1 Å². The number of hydrogen-bond donors (Lipinski definition) is 1. The minimum absolute atomic E-state index is 0.108. The Bertz CT molecular complexity index is 1310. The van der Waals surface area contributed by atoms with Crippen LogP contribution in [0.3, 0.4) is 0 Å². The van der Waals surface area contributed by atoms with Crippen LogP contribution in [0.4, 0.5) is 0 Å². The van der Waals surface area contributed by atoms with Gasteiger partial charge in [0.2, 0.25) is 0 Å². The zero-order valence-electron chi connectivity index (χ0n) is 19.9. The first-order chi connectivity index (χ1) is 15.0. The fourth-order valence-electron chi connectivity index (χ4n) is 3.90. The van der Waals surface area contributed by atoms with Crippen LogP contribution in [0.15, 0.2) is 30.5 Å². The molecule has 2 aromatic heterocycles. The second-order valence-corrected chi connectivity index (χ2v) is 15.4. The Morgan fingerprint density at radius 3 is 2.50 bits per heavy atom. The summed E-state index contributed by atoms with van der Waals surface area (Å²) in [7, 11) is -0.621. The average molecular weight is 466 g/mol. The van der Waals surface area contributed by atoms with Crippen LogP contribution >= 0.6 is 11.3 Å². The molecule has 0 spiro atoms. The van der Waals surface area contributed by atoms with Crippen LogP contribution in [0.1, 0.15) is 36.2 Å². The highest BCUT2D eigenvalue weighted by atomic mass is 32.1. The van der Waals surface area contributed by atoms with Crippen molar-refractivity contribution in [2.24, 2.45) is 0 Å². The first-order valence-corrected chi connectivity index (χ1v) is 14.6. The Morgan fingerprint density at radius 2 is 1.81 bits per heavy atom. The summed E-state index contributed by atoms with van der Waals surface area (Å²) in [5.41, 5.74) is 8.14. The average Bonchev–Trinajstić information content (AvgIpc) is 3.10. The third-order valence-corrected chi connectivity index (χ3v) is 10.9. The third kappa shape index (κ3) is 4.35. The van der Waals surface area contributed by atoms with Crippen LogP contribution in [-0.4, -0.2) is 35.2 Å². The number of ether oxygens (including phenoxy) is 1. The number of methoxy groups -OCH3 is 1. The molecule has 4 aromatic rings. The number of aromatic nitrogens is 3. The van der Waals surface area contributed by atoms with E-state index in [1.807, 2.05) is 13.1 Å². The Balaban J connectivity index is 1.81. The smallest absolute Gasteiger partial charge is 0.188 e. The van der Waals surface area contributed by atoms with E-state index in [1.54, 1.807) is 24.6 Å². The normalized spacial score (nSPS) is 12.8. The molecule has 32 heavy (non-hydrogen) atoms. The highest BCUT2D eigenvalue weighted by Gasteiger charge is 2.38. The monoisotopic (exact) mass is 465 g/mol. The molecule has 5 nitrogen and oxygen atoms in total. The summed E-state index contributed by atoms with van der Waals surface area (Å²) in [4.78, 5) is 25.2. The molecule has 168 valence electrons. The van der Waals surface area contributed by atoms with E-state index in [2.05, 4.69) is 52.0 Å². The maximum atomic E-state index is 10.7. The number of rotatable bonds is 6. The van der Waals surface area contributed by atoms with Crippen LogP contribution in [-0.2, 0) is 17.8 Å². The largest absolute Gasteiger partial charge is 0.432 e. The molecular weight excluding hydrogens is 434 g/mol. The Kier molecular flexibility index (Phi) is 5.96. The molecule has 0 unspecified atom stereocenters. The second-order valence-electron chi connectivity index (χ2n) is 9.87. The molecule has 0 radical (unpaired) electrons.